The van der Waals surface area contributed by atoms with Gasteiger partial charge in [-0.2, -0.15) is 0 Å². The summed E-state index contributed by atoms with van der Waals surface area (Å²) < 4.78 is 62.8. The molecule has 3 rings (SSSR count). The van der Waals surface area contributed by atoms with Crippen LogP contribution in [-0.4, -0.2) is 101 Å². The lowest BCUT2D eigenvalue weighted by Crippen LogP contribution is -2.79. The Balaban J connectivity index is 2.08. The van der Waals surface area contributed by atoms with Gasteiger partial charge in [0.15, 0.2) is 0 Å². The lowest BCUT2D eigenvalue weighted by atomic mass is 9.80. The first-order valence-electron chi connectivity index (χ1n) is 13.2. The van der Waals surface area contributed by atoms with Crippen molar-refractivity contribution in [2.75, 3.05) is 41.7 Å². The summed E-state index contributed by atoms with van der Waals surface area (Å²) in [6.45, 7) is 12.5. The molecule has 0 bridgehead atoms. The first-order valence-corrected chi connectivity index (χ1v) is 13.2. The van der Waals surface area contributed by atoms with Crippen molar-refractivity contribution < 1.29 is 47.4 Å². The quantitative estimate of drug-likeness (QED) is 0.357. The van der Waals surface area contributed by atoms with E-state index in [-0.39, 0.29) is 0 Å². The maximum Gasteiger partial charge on any atom is 0.220 e. The Morgan fingerprint density at radius 1 is 0.500 bits per heavy atom. The molecule has 0 aromatic heterocycles. The summed E-state index contributed by atoms with van der Waals surface area (Å²) >= 11 is 0. The zero-order valence-corrected chi connectivity index (χ0v) is 23.8. The summed E-state index contributed by atoms with van der Waals surface area (Å²) in [5.41, 5.74) is 0. The Morgan fingerprint density at radius 3 is 0.944 bits per heavy atom. The highest BCUT2D eigenvalue weighted by molar-refractivity contribution is 5.10. The molecule has 0 amide bonds. The molecule has 10 atom stereocenters. The number of unbranched alkanes of at least 4 members (excludes halogenated alkanes) is 2. The van der Waals surface area contributed by atoms with Gasteiger partial charge in [0.1, 0.15) is 36.6 Å². The second-order valence-corrected chi connectivity index (χ2v) is 10.3. The summed E-state index contributed by atoms with van der Waals surface area (Å²) in [4.78, 5) is 0. The molecule has 2 unspecified atom stereocenters. The second-order valence-electron chi connectivity index (χ2n) is 10.3. The van der Waals surface area contributed by atoms with Crippen molar-refractivity contribution in [3.05, 3.63) is 0 Å². The third kappa shape index (κ3) is 5.11. The Labute approximate surface area is 216 Å². The number of fused-ring (bicyclic) bond motifs is 2. The van der Waals surface area contributed by atoms with E-state index in [0.29, 0.717) is 13.2 Å². The average Bonchev–Trinajstić information content (AvgIpc) is 2.87. The highest BCUT2D eigenvalue weighted by atomic mass is 16.8. The van der Waals surface area contributed by atoms with Gasteiger partial charge in [-0.05, 0) is 40.5 Å². The number of rotatable bonds is 12. The van der Waals surface area contributed by atoms with Gasteiger partial charge >= 0.3 is 0 Å². The van der Waals surface area contributed by atoms with E-state index in [1.165, 1.54) is 0 Å². The molecule has 0 aromatic rings. The van der Waals surface area contributed by atoms with E-state index in [9.17, 15) is 0 Å². The molecule has 1 saturated carbocycles. The zero-order valence-electron chi connectivity index (χ0n) is 23.8. The van der Waals surface area contributed by atoms with Crippen LogP contribution in [0.15, 0.2) is 0 Å². The van der Waals surface area contributed by atoms with E-state index >= 15 is 0 Å². The van der Waals surface area contributed by atoms with Crippen LogP contribution in [0, 0.1) is 0 Å². The molecule has 2 heterocycles. The predicted octanol–water partition coefficient (Wildman–Crippen LogP) is 3.39. The fourth-order valence-corrected chi connectivity index (χ4v) is 5.17. The van der Waals surface area contributed by atoms with Gasteiger partial charge in [0, 0.05) is 41.7 Å². The first-order chi connectivity index (χ1) is 17.0. The van der Waals surface area contributed by atoms with Gasteiger partial charge in [-0.15, -0.1) is 0 Å². The summed E-state index contributed by atoms with van der Waals surface area (Å²) in [5.74, 6) is -4.84. The molecule has 0 radical (unpaired) electrons. The molecule has 3 aliphatic rings. The summed E-state index contributed by atoms with van der Waals surface area (Å²) in [5, 5.41) is 0. The van der Waals surface area contributed by atoms with Gasteiger partial charge in [0.2, 0.25) is 23.1 Å². The number of methoxy groups -OCH3 is 4. The maximum absolute atomic E-state index is 6.66. The summed E-state index contributed by atoms with van der Waals surface area (Å²) in [6, 6.07) is 0. The van der Waals surface area contributed by atoms with Gasteiger partial charge in [-0.1, -0.05) is 26.7 Å². The lowest BCUT2D eigenvalue weighted by Gasteiger charge is -2.62. The van der Waals surface area contributed by atoms with Crippen molar-refractivity contribution in [3.8, 4) is 0 Å². The monoisotopic (exact) mass is 520 g/mol. The molecule has 2 aliphatic heterocycles. The van der Waals surface area contributed by atoms with Crippen LogP contribution < -0.4 is 0 Å². The van der Waals surface area contributed by atoms with E-state index in [2.05, 4.69) is 13.8 Å². The molecular formula is C26H48O10. The van der Waals surface area contributed by atoms with Crippen molar-refractivity contribution in [1.82, 2.24) is 0 Å². The van der Waals surface area contributed by atoms with Crippen molar-refractivity contribution in [2.45, 2.75) is 127 Å². The van der Waals surface area contributed by atoms with Crippen molar-refractivity contribution >= 4 is 0 Å². The molecule has 0 N–H and O–H groups in total. The van der Waals surface area contributed by atoms with Crippen LogP contribution in [0.5, 0.6) is 0 Å². The van der Waals surface area contributed by atoms with Gasteiger partial charge in [0.05, 0.1) is 0 Å². The van der Waals surface area contributed by atoms with Crippen LogP contribution in [0.4, 0.5) is 0 Å². The molecule has 212 valence electrons. The molecule has 0 aromatic carbocycles. The Morgan fingerprint density at radius 2 is 0.750 bits per heavy atom. The Hall–Kier alpha value is -0.400. The van der Waals surface area contributed by atoms with Crippen LogP contribution in [0.2, 0.25) is 0 Å². The molecule has 36 heavy (non-hydrogen) atoms. The highest BCUT2D eigenvalue weighted by Crippen LogP contribution is 2.50. The minimum Gasteiger partial charge on any atom is -0.373 e. The van der Waals surface area contributed by atoms with E-state index in [1.807, 2.05) is 0 Å². The molecular weight excluding hydrogens is 472 g/mol. The molecule has 1 aliphatic carbocycles. The van der Waals surface area contributed by atoms with Crippen LogP contribution in [-0.2, 0) is 47.4 Å². The summed E-state index contributed by atoms with van der Waals surface area (Å²) in [7, 11) is 6.28. The van der Waals surface area contributed by atoms with E-state index in [4.69, 9.17) is 47.4 Å². The molecule has 10 heteroatoms. The minimum absolute atomic E-state index is 0.526. The molecule has 0 spiro atoms. The van der Waals surface area contributed by atoms with Crippen LogP contribution >= 0.6 is 0 Å². The fourth-order valence-electron chi connectivity index (χ4n) is 5.17. The van der Waals surface area contributed by atoms with E-state index < -0.39 is 59.8 Å². The lowest BCUT2D eigenvalue weighted by molar-refractivity contribution is -0.506. The third-order valence-corrected chi connectivity index (χ3v) is 8.21. The van der Waals surface area contributed by atoms with Gasteiger partial charge in [-0.3, -0.25) is 0 Å². The first kappa shape index (κ1) is 30.1. The fraction of sp³-hybridized carbons (Fsp3) is 1.00. The smallest absolute Gasteiger partial charge is 0.220 e. The molecule has 2 saturated heterocycles. The SMILES string of the molecule is CCCCOC1[C@H]2O[C@](C)(OC)[C@@](C)(OC)O[C@@H]2C(OCCCC)[C@@H]2O[C@@](C)(OC)[C@](C)(OC)O[C@@H]12. The number of hydrogen-bond donors (Lipinski definition) is 0. The van der Waals surface area contributed by atoms with Crippen molar-refractivity contribution in [2.24, 2.45) is 0 Å². The maximum atomic E-state index is 6.66. The second kappa shape index (κ2) is 11.8. The minimum atomic E-state index is -1.21. The van der Waals surface area contributed by atoms with Crippen LogP contribution in [0.1, 0.15) is 67.2 Å². The van der Waals surface area contributed by atoms with Gasteiger partial charge in [0.25, 0.3) is 0 Å². The Kier molecular flexibility index (Phi) is 9.86. The molecule has 10 nitrogen and oxygen atoms in total. The third-order valence-electron chi connectivity index (χ3n) is 8.21. The highest BCUT2D eigenvalue weighted by Gasteiger charge is 2.69. The Bertz CT molecular complexity index is 604. The van der Waals surface area contributed by atoms with Gasteiger partial charge < -0.3 is 47.4 Å². The van der Waals surface area contributed by atoms with Crippen molar-refractivity contribution in [1.29, 1.82) is 0 Å². The van der Waals surface area contributed by atoms with Crippen LogP contribution in [0.3, 0.4) is 0 Å². The number of hydrogen-bond acceptors (Lipinski definition) is 10. The normalized spacial score (nSPS) is 46.8. The van der Waals surface area contributed by atoms with E-state index in [0.717, 1.165) is 25.7 Å². The van der Waals surface area contributed by atoms with E-state index in [1.54, 1.807) is 56.1 Å². The zero-order chi connectivity index (χ0) is 26.8. The standard InChI is InChI=1S/C26H48O10/c1-11-13-15-31-17-19-21(35-25(5,29-9)23(3,27-7)33-19)18(32-16-14-12-2)22-20(17)34-24(4,28-8)26(6,30-10)36-22/h17-22H,11-16H2,1-10H3/t17?,18?,19-,20+,21-,22+,23+,24-,25+,26-. The predicted molar refractivity (Wildman–Crippen MR) is 130 cm³/mol. The van der Waals surface area contributed by atoms with Crippen LogP contribution in [0.25, 0.3) is 0 Å². The summed E-state index contributed by atoms with van der Waals surface area (Å²) in [6.07, 6.45) is 0.311. The topological polar surface area (TPSA) is 92.3 Å². The number of ether oxygens (including phenoxy) is 10. The molecule has 3 fully saturated rings. The van der Waals surface area contributed by atoms with Crippen molar-refractivity contribution in [3.63, 3.8) is 0 Å². The van der Waals surface area contributed by atoms with Gasteiger partial charge in [-0.25, -0.2) is 0 Å². The largest absolute Gasteiger partial charge is 0.373 e. The average molecular weight is 521 g/mol.